The van der Waals surface area contributed by atoms with E-state index in [4.69, 9.17) is 35.4 Å². The van der Waals surface area contributed by atoms with Crippen LogP contribution >= 0.6 is 0 Å². The Morgan fingerprint density at radius 3 is 0.886 bits per heavy atom. The number of pyridine rings is 4. The van der Waals surface area contributed by atoms with E-state index in [2.05, 4.69) is 329 Å². The summed E-state index contributed by atoms with van der Waals surface area (Å²) in [6.45, 7) is 66.5. The van der Waals surface area contributed by atoms with Gasteiger partial charge in [-0.2, -0.15) is 0 Å². The van der Waals surface area contributed by atoms with Crippen LogP contribution in [0.25, 0.3) is 88.1 Å². The fourth-order valence-electron chi connectivity index (χ4n) is 17.0. The molecule has 4 atom stereocenters. The summed E-state index contributed by atoms with van der Waals surface area (Å²) >= 11 is 0. The van der Waals surface area contributed by atoms with Gasteiger partial charge in [0, 0.05) is 118 Å². The number of allylic oxidation sites excluding steroid dienone is 4. The predicted octanol–water partition coefficient (Wildman–Crippen LogP) is 31.7. The smallest absolute Gasteiger partial charge is 0.0911 e. The molecule has 0 bridgehead atoms. The summed E-state index contributed by atoms with van der Waals surface area (Å²) in [4.78, 5) is 19.2. The molecule has 4 unspecified atom stereocenters. The maximum absolute atomic E-state index is 9.47. The van der Waals surface area contributed by atoms with Gasteiger partial charge in [0.05, 0.1) is 47.5 Å². The quantitative estimate of drug-likeness (QED) is 0.0170. The zero-order valence-corrected chi connectivity index (χ0v) is 99.9. The molecule has 12 aromatic rings. The zero-order valence-electron chi connectivity index (χ0n) is 90.3. The van der Waals surface area contributed by atoms with Crippen molar-refractivity contribution in [2.75, 3.05) is 0 Å². The van der Waals surface area contributed by atoms with E-state index in [0.29, 0.717) is 84.5 Å². The first-order valence-corrected chi connectivity index (χ1v) is 49.9. The molecule has 0 fully saturated rings. The molecule has 4 heterocycles. The van der Waals surface area contributed by atoms with Crippen LogP contribution in [0.5, 0.6) is 0 Å². The third-order valence-corrected chi connectivity index (χ3v) is 22.3. The number of aliphatic hydroxyl groups excluding tert-OH is 8. The molecule has 0 aliphatic rings. The fraction of sp³-hybridized carbons (Fsp3) is 0.452. The van der Waals surface area contributed by atoms with Crippen molar-refractivity contribution in [2.24, 2.45) is 47.3 Å². The van der Waals surface area contributed by atoms with Crippen molar-refractivity contribution in [3.05, 3.63) is 307 Å². The molecule has 0 saturated heterocycles. The van der Waals surface area contributed by atoms with Crippen LogP contribution in [0.1, 0.15) is 281 Å². The minimum Gasteiger partial charge on any atom is -0.513 e. The Kier molecular flexibility index (Phi) is 60.7. The van der Waals surface area contributed by atoms with Crippen LogP contribution in [-0.4, -0.2) is 85.2 Å². The van der Waals surface area contributed by atoms with Gasteiger partial charge in [-0.25, -0.2) is 0 Å². The van der Waals surface area contributed by atoms with Crippen molar-refractivity contribution in [2.45, 2.75) is 323 Å². The molecule has 0 aliphatic heterocycles. The predicted molar refractivity (Wildman–Crippen MR) is 581 cm³/mol. The maximum atomic E-state index is 9.47. The Hall–Kier alpha value is -8.00. The van der Waals surface area contributed by atoms with Gasteiger partial charge in [-0.1, -0.05) is 261 Å². The van der Waals surface area contributed by atoms with Gasteiger partial charge in [0.25, 0.3) is 0 Å². The number of fused-ring (bicyclic) bond motifs is 4. The van der Waals surface area contributed by atoms with Crippen LogP contribution in [0, 0.1) is 127 Å². The largest absolute Gasteiger partial charge is 0.513 e. The molecule has 772 valence electrons. The Labute approximate surface area is 898 Å². The zero-order chi connectivity index (χ0) is 102. The summed E-state index contributed by atoms with van der Waals surface area (Å²) in [5.74, 6) is 5.27. The third-order valence-electron chi connectivity index (χ3n) is 22.3. The molecule has 0 aliphatic carbocycles. The van der Waals surface area contributed by atoms with Crippen molar-refractivity contribution in [3.8, 4) is 45.0 Å². The van der Waals surface area contributed by atoms with E-state index >= 15 is 0 Å². The standard InChI is InChI=1S/2C25H30N.2C21H22N.2C11H22O2.2C5H10O2.4Ir/c1-16(2)9-20-7-8-23-24(14-20)22(10-17(3)4)15-26-25(23)21-12-18(5)11-19(6)13-21;1-16(2)9-20-7-8-23-22(10-17(3)4)15-26-25(24(23)14-20)21-12-18(5)11-19(6)13-21;1-5-16-12-17(6-2)19-7-8-22-21(20(19)13-16)18-10-14(3)9-15(4)11-18;1-5-16-7-8-19-17(6-2)13-22-21(20(19)12-16)18-10-14(3)9-15(4)11-18;2*1-8(2)5-10(12)7-11(13)6-9(3)4;2*1-4(6)3-5(2)7;;;;/h2*7-8,11-12,14-17H,9-10H2,1-6H3;2*7-10,12-13H,5-6H2,1-4H3;2*7-10,12-13H,5-6H2,1-4H3;2*3-4,6-7H,1-2H3;;;;/q4*-1;;;;;;;;. The van der Waals surface area contributed by atoms with Gasteiger partial charge >= 0.3 is 0 Å². The second-order valence-electron chi connectivity index (χ2n) is 40.9. The summed E-state index contributed by atoms with van der Waals surface area (Å²) in [5, 5.41) is 81.9. The van der Waals surface area contributed by atoms with Crippen LogP contribution in [0.15, 0.2) is 193 Å². The summed E-state index contributed by atoms with van der Waals surface area (Å²) < 4.78 is 0. The average Bonchev–Trinajstić information content (AvgIpc) is 0.795. The monoisotopic (exact) mass is 2610 g/mol. The van der Waals surface area contributed by atoms with Crippen molar-refractivity contribution in [1.82, 2.24) is 19.9 Å². The number of benzene rings is 8. The normalized spacial score (nSPS) is 12.4. The molecule has 0 spiro atoms. The van der Waals surface area contributed by atoms with Gasteiger partial charge in [0.1, 0.15) is 0 Å². The van der Waals surface area contributed by atoms with E-state index in [9.17, 15) is 20.4 Å². The van der Waals surface area contributed by atoms with Gasteiger partial charge in [-0.3, -0.25) is 0 Å². The fourth-order valence-corrected chi connectivity index (χ4v) is 17.0. The van der Waals surface area contributed by atoms with Crippen molar-refractivity contribution >= 4 is 43.1 Å². The number of nitrogens with zero attached hydrogens (tertiary/aromatic N) is 4. The van der Waals surface area contributed by atoms with Crippen LogP contribution in [0.2, 0.25) is 0 Å². The van der Waals surface area contributed by atoms with E-state index < -0.39 is 24.4 Å². The minimum atomic E-state index is -0.537. The van der Waals surface area contributed by atoms with E-state index in [-0.39, 0.29) is 91.9 Å². The second kappa shape index (κ2) is 65.4. The van der Waals surface area contributed by atoms with Crippen LogP contribution in [0.3, 0.4) is 0 Å². The van der Waals surface area contributed by atoms with Crippen LogP contribution in [-0.2, 0) is 132 Å². The topological polar surface area (TPSA) is 213 Å². The number of aryl methyl sites for hydroxylation is 12. The summed E-state index contributed by atoms with van der Waals surface area (Å²) in [6, 6.07) is 58.8. The first kappa shape index (κ1) is 130. The SMILES string of the molecule is CC(C)CC(O)=CC(O)CC(C)C.CC(C)CC(O)=CC(O)CC(C)C.CC(O)=CC(C)O.CC(O)=CC(C)O.CCc1cc(CC)c2ccnc(-c3[c-]c(C)cc(C)c3)c2c1.CCc1ccc2c(CC)cnc(-c3[c-]c(C)cc(C)c3)c2c1.Cc1[c-]c(-c2ncc(CC(C)C)c3cc(CC(C)C)ccc23)cc(C)c1.Cc1[c-]c(-c2ncc(CC(C)C)c3ccc(CC(C)C)cc23)cc(C)c1.[Ir].[Ir].[Ir].[Ir]. The molecular weight excluding hydrogens is 2440 g/mol. The summed E-state index contributed by atoms with van der Waals surface area (Å²) in [6.07, 6.45) is 23.1. The minimum absolute atomic E-state index is 0. The van der Waals surface area contributed by atoms with E-state index in [1.807, 2.05) is 40.1 Å². The van der Waals surface area contributed by atoms with Crippen LogP contribution in [0.4, 0.5) is 0 Å². The van der Waals surface area contributed by atoms with E-state index in [0.717, 1.165) is 113 Å². The van der Waals surface area contributed by atoms with Crippen molar-refractivity contribution < 1.29 is 121 Å². The summed E-state index contributed by atoms with van der Waals surface area (Å²) in [7, 11) is 0. The average molecular weight is 2610 g/mol. The van der Waals surface area contributed by atoms with Crippen molar-refractivity contribution in [3.63, 3.8) is 0 Å². The molecule has 12 rings (SSSR count). The molecule has 8 N–H and O–H groups in total. The number of hydrogen-bond donors (Lipinski definition) is 8. The first-order chi connectivity index (χ1) is 64.0. The molecule has 4 aromatic heterocycles. The van der Waals surface area contributed by atoms with Gasteiger partial charge in [-0.05, 0) is 280 Å². The Morgan fingerprint density at radius 1 is 0.286 bits per heavy atom. The number of aromatic nitrogens is 4. The van der Waals surface area contributed by atoms with E-state index in [1.54, 1.807) is 26.0 Å². The Balaban J connectivity index is 0.000000824. The van der Waals surface area contributed by atoms with Gasteiger partial charge < -0.3 is 60.8 Å². The van der Waals surface area contributed by atoms with E-state index in [1.165, 1.54) is 141 Å². The van der Waals surface area contributed by atoms with Gasteiger partial charge in [0.2, 0.25) is 0 Å². The summed E-state index contributed by atoms with van der Waals surface area (Å²) in [5.41, 5.74) is 29.2. The molecule has 12 nitrogen and oxygen atoms in total. The molecule has 140 heavy (non-hydrogen) atoms. The Bertz CT molecular complexity index is 5680. The number of aliphatic hydroxyl groups is 8. The maximum Gasteiger partial charge on any atom is 0.0911 e. The Morgan fingerprint density at radius 2 is 0.579 bits per heavy atom. The molecular formula is C124H168Ir4N4O8-4. The van der Waals surface area contributed by atoms with Gasteiger partial charge in [-0.15, -0.1) is 140 Å². The molecule has 0 saturated carbocycles. The van der Waals surface area contributed by atoms with Crippen molar-refractivity contribution in [1.29, 1.82) is 0 Å². The molecule has 0 amide bonds. The molecule has 8 aromatic carbocycles. The number of hydrogen-bond acceptors (Lipinski definition) is 12. The molecule has 16 heteroatoms. The van der Waals surface area contributed by atoms with Crippen LogP contribution < -0.4 is 0 Å². The van der Waals surface area contributed by atoms with Gasteiger partial charge in [0.15, 0.2) is 0 Å². The second-order valence-corrected chi connectivity index (χ2v) is 40.9. The number of rotatable bonds is 28. The third kappa shape index (κ3) is 46.4. The molecule has 4 radical (unpaired) electrons. The first-order valence-electron chi connectivity index (χ1n) is 49.9.